The van der Waals surface area contributed by atoms with E-state index in [0.29, 0.717) is 6.54 Å². The van der Waals surface area contributed by atoms with Crippen molar-refractivity contribution in [2.75, 3.05) is 20.7 Å². The molecule has 0 aromatic heterocycles. The van der Waals surface area contributed by atoms with Crippen LogP contribution in [0.25, 0.3) is 0 Å². The van der Waals surface area contributed by atoms with Crippen LogP contribution in [0.15, 0.2) is 24.3 Å². The first kappa shape index (κ1) is 15.5. The Morgan fingerprint density at radius 3 is 2.75 bits per heavy atom. The number of nitrogens with zero attached hydrogens (tertiary/aromatic N) is 1. The third kappa shape index (κ3) is 2.90. The van der Waals surface area contributed by atoms with E-state index in [-0.39, 0.29) is 11.6 Å². The van der Waals surface area contributed by atoms with Crippen LogP contribution in [0.5, 0.6) is 0 Å². The number of methoxy groups -OCH3 is 1. The molecule has 1 fully saturated rings. The van der Waals surface area contributed by atoms with Crippen molar-refractivity contribution < 1.29 is 4.74 Å². The number of likely N-dealkylation sites (N-methyl/N-ethyl adjacent to an activating group) is 1. The molecule has 2 atom stereocenters. The van der Waals surface area contributed by atoms with Gasteiger partial charge in [-0.2, -0.15) is 0 Å². The standard InChI is InChI=1S/C17H28N2O/c1-14-8-4-5-9-15(14)12-19(2)17(13-18)11-7-6-10-16(17)20-3/h4-5,8-9,16H,6-7,10-13,18H2,1-3H3. The predicted octanol–water partition coefficient (Wildman–Crippen LogP) is 2.71. The highest BCUT2D eigenvalue weighted by Crippen LogP contribution is 2.35. The third-order valence-electron chi connectivity index (χ3n) is 4.99. The van der Waals surface area contributed by atoms with Crippen LogP contribution < -0.4 is 5.73 Å². The van der Waals surface area contributed by atoms with Gasteiger partial charge in [-0.15, -0.1) is 0 Å². The van der Waals surface area contributed by atoms with Gasteiger partial charge in [0.15, 0.2) is 0 Å². The van der Waals surface area contributed by atoms with Crippen LogP contribution in [0.2, 0.25) is 0 Å². The number of hydrogen-bond acceptors (Lipinski definition) is 3. The van der Waals surface area contributed by atoms with Gasteiger partial charge in [0.25, 0.3) is 0 Å². The van der Waals surface area contributed by atoms with Gasteiger partial charge in [0, 0.05) is 20.2 Å². The first-order valence-corrected chi connectivity index (χ1v) is 7.62. The van der Waals surface area contributed by atoms with Crippen molar-refractivity contribution in [1.29, 1.82) is 0 Å². The largest absolute Gasteiger partial charge is 0.379 e. The van der Waals surface area contributed by atoms with Crippen LogP contribution in [0.3, 0.4) is 0 Å². The number of benzene rings is 1. The second-order valence-electron chi connectivity index (χ2n) is 6.06. The van der Waals surface area contributed by atoms with Crippen molar-refractivity contribution in [3.63, 3.8) is 0 Å². The first-order valence-electron chi connectivity index (χ1n) is 7.62. The Hall–Kier alpha value is -0.900. The Kier molecular flexibility index (Phi) is 5.19. The summed E-state index contributed by atoms with van der Waals surface area (Å²) < 4.78 is 5.77. The summed E-state index contributed by atoms with van der Waals surface area (Å²) in [7, 11) is 4.01. The monoisotopic (exact) mass is 276 g/mol. The summed E-state index contributed by atoms with van der Waals surface area (Å²) in [5, 5.41) is 0. The molecular weight excluding hydrogens is 248 g/mol. The lowest BCUT2D eigenvalue weighted by Gasteiger charge is -2.49. The molecule has 0 aliphatic heterocycles. The molecule has 2 N–H and O–H groups in total. The molecule has 20 heavy (non-hydrogen) atoms. The average molecular weight is 276 g/mol. The number of ether oxygens (including phenoxy) is 1. The molecule has 112 valence electrons. The maximum Gasteiger partial charge on any atom is 0.0767 e. The van der Waals surface area contributed by atoms with Gasteiger partial charge in [-0.3, -0.25) is 4.90 Å². The Bertz CT molecular complexity index is 435. The normalized spacial score (nSPS) is 26.9. The number of hydrogen-bond donors (Lipinski definition) is 1. The van der Waals surface area contributed by atoms with Crippen molar-refractivity contribution >= 4 is 0 Å². The van der Waals surface area contributed by atoms with E-state index in [1.807, 2.05) is 7.11 Å². The summed E-state index contributed by atoms with van der Waals surface area (Å²) in [5.74, 6) is 0. The fourth-order valence-corrected chi connectivity index (χ4v) is 3.55. The lowest BCUT2D eigenvalue weighted by Crippen LogP contribution is -2.61. The Balaban J connectivity index is 2.20. The Labute approximate surface area is 123 Å². The van der Waals surface area contributed by atoms with Gasteiger partial charge < -0.3 is 10.5 Å². The SMILES string of the molecule is COC1CCCCC1(CN)N(C)Cc1ccccc1C. The average Bonchev–Trinajstić information content (AvgIpc) is 2.49. The molecule has 0 heterocycles. The molecule has 0 amide bonds. The second kappa shape index (κ2) is 6.70. The molecule has 0 radical (unpaired) electrons. The lowest BCUT2D eigenvalue weighted by molar-refractivity contribution is -0.0688. The van der Waals surface area contributed by atoms with E-state index >= 15 is 0 Å². The fourth-order valence-electron chi connectivity index (χ4n) is 3.55. The van der Waals surface area contributed by atoms with E-state index < -0.39 is 0 Å². The molecule has 1 saturated carbocycles. The van der Waals surface area contributed by atoms with Crippen LogP contribution in [0, 0.1) is 6.92 Å². The topological polar surface area (TPSA) is 38.5 Å². The molecular formula is C17H28N2O. The molecule has 3 heteroatoms. The van der Waals surface area contributed by atoms with Gasteiger partial charge >= 0.3 is 0 Å². The summed E-state index contributed by atoms with van der Waals surface area (Å²) in [6.07, 6.45) is 4.99. The minimum absolute atomic E-state index is 0.0186. The van der Waals surface area contributed by atoms with Gasteiger partial charge in [0.05, 0.1) is 11.6 Å². The molecule has 1 aromatic rings. The minimum Gasteiger partial charge on any atom is -0.379 e. The van der Waals surface area contributed by atoms with Crippen molar-refractivity contribution in [3.05, 3.63) is 35.4 Å². The molecule has 2 unspecified atom stereocenters. The summed E-state index contributed by atoms with van der Waals surface area (Å²) in [4.78, 5) is 2.42. The molecule has 3 nitrogen and oxygen atoms in total. The summed E-state index contributed by atoms with van der Waals surface area (Å²) in [6, 6.07) is 8.59. The highest BCUT2D eigenvalue weighted by atomic mass is 16.5. The van der Waals surface area contributed by atoms with Crippen LogP contribution in [0.4, 0.5) is 0 Å². The summed E-state index contributed by atoms with van der Waals surface area (Å²) in [6.45, 7) is 3.77. The number of nitrogens with two attached hydrogens (primary N) is 1. The number of aryl methyl sites for hydroxylation is 1. The Morgan fingerprint density at radius 2 is 2.10 bits per heavy atom. The minimum atomic E-state index is -0.0186. The van der Waals surface area contributed by atoms with Gasteiger partial charge in [0.1, 0.15) is 0 Å². The van der Waals surface area contributed by atoms with E-state index in [4.69, 9.17) is 10.5 Å². The summed E-state index contributed by atoms with van der Waals surface area (Å²) >= 11 is 0. The Morgan fingerprint density at radius 1 is 1.35 bits per heavy atom. The molecule has 0 saturated heterocycles. The van der Waals surface area contributed by atoms with E-state index in [1.54, 1.807) is 0 Å². The molecule has 2 rings (SSSR count). The zero-order valence-electron chi connectivity index (χ0n) is 13.1. The molecule has 1 aliphatic rings. The highest BCUT2D eigenvalue weighted by Gasteiger charge is 2.43. The van der Waals surface area contributed by atoms with Gasteiger partial charge in [0.2, 0.25) is 0 Å². The highest BCUT2D eigenvalue weighted by molar-refractivity contribution is 5.25. The lowest BCUT2D eigenvalue weighted by atomic mass is 9.77. The smallest absolute Gasteiger partial charge is 0.0767 e. The van der Waals surface area contributed by atoms with E-state index in [2.05, 4.69) is 43.1 Å². The molecule has 0 bridgehead atoms. The van der Waals surface area contributed by atoms with Crippen molar-refractivity contribution in [2.24, 2.45) is 5.73 Å². The van der Waals surface area contributed by atoms with Gasteiger partial charge in [-0.1, -0.05) is 37.1 Å². The van der Waals surface area contributed by atoms with Crippen molar-refractivity contribution in [3.8, 4) is 0 Å². The fraction of sp³-hybridized carbons (Fsp3) is 0.647. The van der Waals surface area contributed by atoms with Crippen LogP contribution in [-0.2, 0) is 11.3 Å². The van der Waals surface area contributed by atoms with E-state index in [0.717, 1.165) is 19.4 Å². The quantitative estimate of drug-likeness (QED) is 0.898. The number of rotatable bonds is 5. The van der Waals surface area contributed by atoms with Gasteiger partial charge in [-0.05, 0) is 37.9 Å². The molecule has 1 aliphatic carbocycles. The van der Waals surface area contributed by atoms with E-state index in [1.165, 1.54) is 24.0 Å². The zero-order chi connectivity index (χ0) is 14.6. The second-order valence-corrected chi connectivity index (χ2v) is 6.06. The molecule has 0 spiro atoms. The summed E-state index contributed by atoms with van der Waals surface area (Å²) in [5.41, 5.74) is 8.88. The van der Waals surface area contributed by atoms with Crippen LogP contribution in [0.1, 0.15) is 36.8 Å². The maximum atomic E-state index is 6.18. The predicted molar refractivity (Wildman–Crippen MR) is 83.7 cm³/mol. The molecule has 1 aromatic carbocycles. The van der Waals surface area contributed by atoms with Crippen LogP contribution >= 0.6 is 0 Å². The van der Waals surface area contributed by atoms with Crippen LogP contribution in [-0.4, -0.2) is 37.2 Å². The zero-order valence-corrected chi connectivity index (χ0v) is 13.1. The van der Waals surface area contributed by atoms with Crippen molar-refractivity contribution in [1.82, 2.24) is 4.90 Å². The van der Waals surface area contributed by atoms with Gasteiger partial charge in [-0.25, -0.2) is 0 Å². The van der Waals surface area contributed by atoms with Crippen molar-refractivity contribution in [2.45, 2.75) is 50.8 Å². The maximum absolute atomic E-state index is 6.18. The van der Waals surface area contributed by atoms with E-state index in [9.17, 15) is 0 Å². The first-order chi connectivity index (χ1) is 9.64. The third-order valence-corrected chi connectivity index (χ3v) is 4.99.